The Morgan fingerprint density at radius 2 is 1.84 bits per heavy atom. The molecule has 0 aromatic rings. The SMILES string of the molecule is N#CC1CCCCCC1N1CCC(OCCO)CC1. The lowest BCUT2D eigenvalue weighted by atomic mass is 9.92. The fourth-order valence-corrected chi connectivity index (χ4v) is 3.47. The quantitative estimate of drug-likeness (QED) is 0.790. The van der Waals surface area contributed by atoms with E-state index in [1.807, 2.05) is 0 Å². The zero-order chi connectivity index (χ0) is 13.5. The second-order valence-electron chi connectivity index (χ2n) is 5.77. The summed E-state index contributed by atoms with van der Waals surface area (Å²) in [7, 11) is 0. The molecule has 2 fully saturated rings. The van der Waals surface area contributed by atoms with Gasteiger partial charge in [-0.1, -0.05) is 19.3 Å². The zero-order valence-corrected chi connectivity index (χ0v) is 11.8. The fourth-order valence-electron chi connectivity index (χ4n) is 3.47. The molecule has 4 heteroatoms. The van der Waals surface area contributed by atoms with Gasteiger partial charge in [-0.15, -0.1) is 0 Å². The lowest BCUT2D eigenvalue weighted by Gasteiger charge is -2.38. The minimum absolute atomic E-state index is 0.110. The Morgan fingerprint density at radius 3 is 2.53 bits per heavy atom. The highest BCUT2D eigenvalue weighted by molar-refractivity contribution is 4.95. The summed E-state index contributed by atoms with van der Waals surface area (Å²) in [6, 6.07) is 2.99. The summed E-state index contributed by atoms with van der Waals surface area (Å²) in [5.74, 6) is 0.220. The summed E-state index contributed by atoms with van der Waals surface area (Å²) in [5.41, 5.74) is 0. The summed E-state index contributed by atoms with van der Waals surface area (Å²) in [6.07, 6.45) is 8.39. The number of aliphatic hydroxyl groups is 1. The molecule has 108 valence electrons. The Bertz CT molecular complexity index is 295. The van der Waals surface area contributed by atoms with Crippen LogP contribution in [0.4, 0.5) is 0 Å². The molecule has 1 saturated heterocycles. The van der Waals surface area contributed by atoms with E-state index in [-0.39, 0.29) is 12.5 Å². The van der Waals surface area contributed by atoms with Crippen LogP contribution in [-0.2, 0) is 4.74 Å². The van der Waals surface area contributed by atoms with E-state index in [1.165, 1.54) is 25.7 Å². The number of hydrogen-bond donors (Lipinski definition) is 1. The molecular weight excluding hydrogens is 240 g/mol. The number of piperidine rings is 1. The highest BCUT2D eigenvalue weighted by Crippen LogP contribution is 2.29. The van der Waals surface area contributed by atoms with Crippen LogP contribution in [0.25, 0.3) is 0 Å². The van der Waals surface area contributed by atoms with Crippen LogP contribution in [0.1, 0.15) is 44.9 Å². The molecule has 2 atom stereocenters. The van der Waals surface area contributed by atoms with Crippen molar-refractivity contribution >= 4 is 0 Å². The maximum absolute atomic E-state index is 9.36. The second-order valence-corrected chi connectivity index (χ2v) is 5.77. The molecular formula is C15H26N2O2. The average molecular weight is 266 g/mol. The van der Waals surface area contributed by atoms with E-state index in [0.29, 0.717) is 18.8 Å². The Hall–Kier alpha value is -0.630. The van der Waals surface area contributed by atoms with Gasteiger partial charge in [0.05, 0.1) is 31.3 Å². The van der Waals surface area contributed by atoms with E-state index in [2.05, 4.69) is 11.0 Å². The fraction of sp³-hybridized carbons (Fsp3) is 0.933. The van der Waals surface area contributed by atoms with Crippen molar-refractivity contribution in [2.75, 3.05) is 26.3 Å². The molecule has 0 aromatic carbocycles. The summed E-state index contributed by atoms with van der Waals surface area (Å²) >= 11 is 0. The average Bonchev–Trinajstić information content (AvgIpc) is 2.70. The summed E-state index contributed by atoms with van der Waals surface area (Å²) in [4.78, 5) is 2.51. The number of nitriles is 1. The number of likely N-dealkylation sites (tertiary alicyclic amines) is 1. The predicted molar refractivity (Wildman–Crippen MR) is 73.6 cm³/mol. The van der Waals surface area contributed by atoms with Gasteiger partial charge in [0, 0.05) is 19.1 Å². The van der Waals surface area contributed by atoms with Crippen LogP contribution in [0.2, 0.25) is 0 Å². The first kappa shape index (κ1) is 14.8. The third-order valence-electron chi connectivity index (χ3n) is 4.54. The van der Waals surface area contributed by atoms with Crippen molar-refractivity contribution in [1.82, 2.24) is 4.90 Å². The van der Waals surface area contributed by atoms with Crippen LogP contribution >= 0.6 is 0 Å². The molecule has 0 radical (unpaired) electrons. The second kappa shape index (κ2) is 7.84. The number of rotatable bonds is 4. The molecule has 4 nitrogen and oxygen atoms in total. The van der Waals surface area contributed by atoms with Gasteiger partial charge in [0.2, 0.25) is 0 Å². The van der Waals surface area contributed by atoms with E-state index < -0.39 is 0 Å². The molecule has 0 spiro atoms. The van der Waals surface area contributed by atoms with Gasteiger partial charge in [-0.3, -0.25) is 4.90 Å². The molecule has 19 heavy (non-hydrogen) atoms. The topological polar surface area (TPSA) is 56.5 Å². The van der Waals surface area contributed by atoms with E-state index in [0.717, 1.165) is 32.4 Å². The minimum Gasteiger partial charge on any atom is -0.394 e. The number of aliphatic hydroxyl groups excluding tert-OH is 1. The van der Waals surface area contributed by atoms with Gasteiger partial charge in [-0.25, -0.2) is 0 Å². The van der Waals surface area contributed by atoms with Gasteiger partial charge in [-0.05, 0) is 25.7 Å². The normalized spacial score (nSPS) is 30.7. The molecule has 1 saturated carbocycles. The maximum atomic E-state index is 9.36. The third kappa shape index (κ3) is 4.17. The number of nitrogens with zero attached hydrogens (tertiary/aromatic N) is 2. The van der Waals surface area contributed by atoms with E-state index in [1.54, 1.807) is 0 Å². The van der Waals surface area contributed by atoms with Crippen molar-refractivity contribution in [2.45, 2.75) is 57.1 Å². The van der Waals surface area contributed by atoms with Crippen molar-refractivity contribution in [1.29, 1.82) is 5.26 Å². The van der Waals surface area contributed by atoms with Crippen molar-refractivity contribution in [3.63, 3.8) is 0 Å². The summed E-state index contributed by atoms with van der Waals surface area (Å²) in [5, 5.41) is 18.1. The highest BCUT2D eigenvalue weighted by atomic mass is 16.5. The first-order valence-corrected chi connectivity index (χ1v) is 7.71. The van der Waals surface area contributed by atoms with Gasteiger partial charge in [0.15, 0.2) is 0 Å². The van der Waals surface area contributed by atoms with Gasteiger partial charge in [0.25, 0.3) is 0 Å². The van der Waals surface area contributed by atoms with Crippen LogP contribution in [0.5, 0.6) is 0 Å². The lowest BCUT2D eigenvalue weighted by Crippen LogP contribution is -2.46. The van der Waals surface area contributed by atoms with Crippen molar-refractivity contribution < 1.29 is 9.84 Å². The maximum Gasteiger partial charge on any atom is 0.0701 e. The first-order chi connectivity index (χ1) is 9.35. The van der Waals surface area contributed by atoms with Gasteiger partial charge >= 0.3 is 0 Å². The molecule has 2 unspecified atom stereocenters. The first-order valence-electron chi connectivity index (χ1n) is 7.71. The highest BCUT2D eigenvalue weighted by Gasteiger charge is 2.31. The van der Waals surface area contributed by atoms with Crippen LogP contribution in [0.3, 0.4) is 0 Å². The van der Waals surface area contributed by atoms with Crippen molar-refractivity contribution in [3.05, 3.63) is 0 Å². The smallest absolute Gasteiger partial charge is 0.0701 e. The Balaban J connectivity index is 1.83. The van der Waals surface area contributed by atoms with Crippen molar-refractivity contribution in [2.24, 2.45) is 5.92 Å². The summed E-state index contributed by atoms with van der Waals surface area (Å²) in [6.45, 7) is 2.64. The molecule has 1 heterocycles. The monoisotopic (exact) mass is 266 g/mol. The molecule has 1 aliphatic carbocycles. The van der Waals surface area contributed by atoms with E-state index in [4.69, 9.17) is 9.84 Å². The molecule has 0 bridgehead atoms. The van der Waals surface area contributed by atoms with E-state index in [9.17, 15) is 5.26 Å². The lowest BCUT2D eigenvalue weighted by molar-refractivity contribution is -0.0191. The Kier molecular flexibility index (Phi) is 6.09. The molecule has 2 aliphatic rings. The van der Waals surface area contributed by atoms with Crippen molar-refractivity contribution in [3.8, 4) is 6.07 Å². The molecule has 2 rings (SSSR count). The number of ether oxygens (including phenoxy) is 1. The van der Waals surface area contributed by atoms with Gasteiger partial charge < -0.3 is 9.84 Å². The largest absolute Gasteiger partial charge is 0.394 e. The van der Waals surface area contributed by atoms with Crippen LogP contribution in [0.15, 0.2) is 0 Å². The van der Waals surface area contributed by atoms with Gasteiger partial charge in [0.1, 0.15) is 0 Å². The van der Waals surface area contributed by atoms with E-state index >= 15 is 0 Å². The third-order valence-corrected chi connectivity index (χ3v) is 4.54. The molecule has 1 N–H and O–H groups in total. The zero-order valence-electron chi connectivity index (χ0n) is 11.8. The van der Waals surface area contributed by atoms with Crippen LogP contribution in [-0.4, -0.2) is 48.5 Å². The molecule has 1 aliphatic heterocycles. The van der Waals surface area contributed by atoms with Crippen LogP contribution in [0, 0.1) is 17.2 Å². The van der Waals surface area contributed by atoms with Crippen LogP contribution < -0.4 is 0 Å². The molecule has 0 aromatic heterocycles. The number of hydrogen-bond acceptors (Lipinski definition) is 4. The van der Waals surface area contributed by atoms with Gasteiger partial charge in [-0.2, -0.15) is 5.26 Å². The standard InChI is InChI=1S/C15H26N2O2/c16-12-13-4-2-1-3-5-15(13)17-8-6-14(7-9-17)19-11-10-18/h13-15,18H,1-11H2. The Labute approximate surface area is 116 Å². The molecule has 0 amide bonds. The predicted octanol–water partition coefficient (Wildman–Crippen LogP) is 1.93. The minimum atomic E-state index is 0.110. The Morgan fingerprint density at radius 1 is 1.11 bits per heavy atom. The summed E-state index contributed by atoms with van der Waals surface area (Å²) < 4.78 is 5.60.